The Kier molecular flexibility index (Phi) is 5.48. The maximum atomic E-state index is 11.9. The van der Waals surface area contributed by atoms with Crippen molar-refractivity contribution in [1.82, 2.24) is 14.9 Å². The molecular weight excluding hydrogens is 336 g/mol. The van der Waals surface area contributed by atoms with Crippen LogP contribution in [0.3, 0.4) is 0 Å². The van der Waals surface area contributed by atoms with Crippen LogP contribution in [0.15, 0.2) is 60.0 Å². The minimum atomic E-state index is -0.274. The Morgan fingerprint density at radius 3 is 2.40 bits per heavy atom. The SMILES string of the molecule is O=C(Cc1ccccc1)NCC(=O)Nc1ccc(-c2csnn2)cc1. The lowest BCUT2D eigenvalue weighted by atomic mass is 10.1. The monoisotopic (exact) mass is 352 g/mol. The molecule has 25 heavy (non-hydrogen) atoms. The van der Waals surface area contributed by atoms with Gasteiger partial charge < -0.3 is 10.6 Å². The number of anilines is 1. The molecule has 0 atom stereocenters. The summed E-state index contributed by atoms with van der Waals surface area (Å²) in [5.74, 6) is -0.461. The van der Waals surface area contributed by atoms with Crippen molar-refractivity contribution in [3.63, 3.8) is 0 Å². The molecule has 0 unspecified atom stereocenters. The van der Waals surface area contributed by atoms with Crippen molar-refractivity contribution >= 4 is 29.0 Å². The van der Waals surface area contributed by atoms with Crippen molar-refractivity contribution in [3.8, 4) is 11.3 Å². The summed E-state index contributed by atoms with van der Waals surface area (Å²) in [7, 11) is 0. The van der Waals surface area contributed by atoms with Crippen LogP contribution in [0, 0.1) is 0 Å². The van der Waals surface area contributed by atoms with Crippen molar-refractivity contribution in [2.75, 3.05) is 11.9 Å². The van der Waals surface area contributed by atoms with Crippen LogP contribution < -0.4 is 10.6 Å². The standard InChI is InChI=1S/C18H16N4O2S/c23-17(10-13-4-2-1-3-5-13)19-11-18(24)20-15-8-6-14(7-9-15)16-12-25-22-21-16/h1-9,12H,10-11H2,(H,19,23)(H,20,24). The summed E-state index contributed by atoms with van der Waals surface area (Å²) in [5, 5.41) is 11.2. The fourth-order valence-electron chi connectivity index (χ4n) is 2.24. The van der Waals surface area contributed by atoms with E-state index in [1.165, 1.54) is 11.5 Å². The van der Waals surface area contributed by atoms with E-state index in [0.29, 0.717) is 5.69 Å². The Labute approximate surface area is 149 Å². The zero-order valence-electron chi connectivity index (χ0n) is 13.3. The number of aromatic nitrogens is 2. The van der Waals surface area contributed by atoms with E-state index in [4.69, 9.17) is 0 Å². The van der Waals surface area contributed by atoms with Gasteiger partial charge in [0.2, 0.25) is 11.8 Å². The number of hydrogen-bond acceptors (Lipinski definition) is 5. The molecule has 126 valence electrons. The van der Waals surface area contributed by atoms with E-state index in [0.717, 1.165) is 16.8 Å². The van der Waals surface area contributed by atoms with Gasteiger partial charge in [0, 0.05) is 16.6 Å². The Hall–Kier alpha value is -3.06. The van der Waals surface area contributed by atoms with Gasteiger partial charge in [-0.15, -0.1) is 5.10 Å². The van der Waals surface area contributed by atoms with E-state index in [1.54, 1.807) is 12.1 Å². The van der Waals surface area contributed by atoms with Crippen molar-refractivity contribution in [3.05, 3.63) is 65.5 Å². The molecule has 6 nitrogen and oxygen atoms in total. The second-order valence-corrected chi connectivity index (χ2v) is 5.96. The van der Waals surface area contributed by atoms with Crippen molar-refractivity contribution in [2.24, 2.45) is 0 Å². The predicted octanol–water partition coefficient (Wildman–Crippen LogP) is 2.50. The third-order valence-corrected chi connectivity index (χ3v) is 3.98. The number of amides is 2. The van der Waals surface area contributed by atoms with Crippen LogP contribution in [0.4, 0.5) is 5.69 Å². The second-order valence-electron chi connectivity index (χ2n) is 5.35. The molecule has 0 spiro atoms. The Morgan fingerprint density at radius 2 is 1.72 bits per heavy atom. The highest BCUT2D eigenvalue weighted by molar-refractivity contribution is 7.03. The van der Waals surface area contributed by atoms with E-state index >= 15 is 0 Å². The van der Waals surface area contributed by atoms with Gasteiger partial charge in [0.1, 0.15) is 5.69 Å². The maximum absolute atomic E-state index is 11.9. The number of nitrogens with zero attached hydrogens (tertiary/aromatic N) is 2. The molecule has 0 bridgehead atoms. The molecule has 2 aromatic carbocycles. The lowest BCUT2D eigenvalue weighted by Gasteiger charge is -2.07. The minimum Gasteiger partial charge on any atom is -0.347 e. The number of nitrogens with one attached hydrogen (secondary N) is 2. The van der Waals surface area contributed by atoms with Crippen molar-refractivity contribution in [2.45, 2.75) is 6.42 Å². The smallest absolute Gasteiger partial charge is 0.243 e. The van der Waals surface area contributed by atoms with E-state index in [9.17, 15) is 9.59 Å². The molecule has 0 saturated heterocycles. The first-order valence-electron chi connectivity index (χ1n) is 7.69. The summed E-state index contributed by atoms with van der Waals surface area (Å²) in [6.07, 6.45) is 0.254. The highest BCUT2D eigenvalue weighted by Gasteiger charge is 2.07. The molecule has 0 fully saturated rings. The largest absolute Gasteiger partial charge is 0.347 e. The maximum Gasteiger partial charge on any atom is 0.243 e. The van der Waals surface area contributed by atoms with Crippen LogP contribution in [-0.2, 0) is 16.0 Å². The van der Waals surface area contributed by atoms with Crippen LogP contribution in [-0.4, -0.2) is 27.9 Å². The first kappa shape index (κ1) is 16.8. The molecule has 7 heteroatoms. The van der Waals surface area contributed by atoms with Gasteiger partial charge in [0.05, 0.1) is 13.0 Å². The van der Waals surface area contributed by atoms with Crippen LogP contribution in [0.25, 0.3) is 11.3 Å². The van der Waals surface area contributed by atoms with E-state index < -0.39 is 0 Å². The van der Waals surface area contributed by atoms with Gasteiger partial charge in [-0.25, -0.2) is 0 Å². The zero-order valence-corrected chi connectivity index (χ0v) is 14.1. The van der Waals surface area contributed by atoms with E-state index in [1.807, 2.05) is 47.8 Å². The highest BCUT2D eigenvalue weighted by atomic mass is 32.1. The average Bonchev–Trinajstić information content (AvgIpc) is 3.16. The number of rotatable bonds is 6. The number of hydrogen-bond donors (Lipinski definition) is 2. The quantitative estimate of drug-likeness (QED) is 0.714. The minimum absolute atomic E-state index is 0.0660. The zero-order chi connectivity index (χ0) is 17.5. The average molecular weight is 352 g/mol. The molecule has 1 aromatic heterocycles. The predicted molar refractivity (Wildman–Crippen MR) is 97.1 cm³/mol. The van der Waals surface area contributed by atoms with Gasteiger partial charge in [-0.1, -0.05) is 47.0 Å². The summed E-state index contributed by atoms with van der Waals surface area (Å²) in [6.45, 7) is -0.0660. The Morgan fingerprint density at radius 1 is 0.960 bits per heavy atom. The van der Waals surface area contributed by atoms with Crippen LogP contribution >= 0.6 is 11.5 Å². The third kappa shape index (κ3) is 4.95. The summed E-state index contributed by atoms with van der Waals surface area (Å²) in [4.78, 5) is 23.8. The molecule has 0 saturated carbocycles. The molecule has 0 radical (unpaired) electrons. The summed E-state index contributed by atoms with van der Waals surface area (Å²) < 4.78 is 3.82. The number of carbonyl (C=O) groups excluding carboxylic acids is 2. The fraction of sp³-hybridized carbons (Fsp3) is 0.111. The van der Waals surface area contributed by atoms with Crippen LogP contribution in [0.2, 0.25) is 0 Å². The Balaban J connectivity index is 1.47. The first-order chi connectivity index (χ1) is 12.2. The number of benzene rings is 2. The molecule has 1 heterocycles. The molecular formula is C18H16N4O2S. The van der Waals surface area contributed by atoms with Crippen molar-refractivity contribution < 1.29 is 9.59 Å². The van der Waals surface area contributed by atoms with Gasteiger partial charge in [-0.05, 0) is 29.2 Å². The molecule has 0 aliphatic heterocycles. The normalized spacial score (nSPS) is 10.2. The molecule has 0 aliphatic rings. The van der Waals surface area contributed by atoms with Gasteiger partial charge in [-0.2, -0.15) is 0 Å². The van der Waals surface area contributed by atoms with Gasteiger partial charge >= 0.3 is 0 Å². The summed E-state index contributed by atoms with van der Waals surface area (Å²) in [5.41, 5.74) is 3.31. The second kappa shape index (κ2) is 8.16. The van der Waals surface area contributed by atoms with E-state index in [-0.39, 0.29) is 24.8 Å². The third-order valence-electron chi connectivity index (χ3n) is 3.48. The van der Waals surface area contributed by atoms with E-state index in [2.05, 4.69) is 20.2 Å². The molecule has 2 amide bonds. The van der Waals surface area contributed by atoms with Gasteiger partial charge in [0.15, 0.2) is 0 Å². The molecule has 2 N–H and O–H groups in total. The summed E-state index contributed by atoms with van der Waals surface area (Å²) in [6, 6.07) is 16.7. The molecule has 0 aliphatic carbocycles. The van der Waals surface area contributed by atoms with Crippen LogP contribution in [0.5, 0.6) is 0 Å². The molecule has 3 aromatic rings. The lowest BCUT2D eigenvalue weighted by molar-refractivity contribution is -0.123. The topological polar surface area (TPSA) is 84.0 Å². The summed E-state index contributed by atoms with van der Waals surface area (Å²) >= 11 is 1.29. The first-order valence-corrected chi connectivity index (χ1v) is 8.52. The fourth-order valence-corrected chi connectivity index (χ4v) is 2.71. The number of carbonyl (C=O) groups is 2. The Bertz CT molecular complexity index is 833. The lowest BCUT2D eigenvalue weighted by Crippen LogP contribution is -2.33. The highest BCUT2D eigenvalue weighted by Crippen LogP contribution is 2.19. The van der Waals surface area contributed by atoms with Crippen LogP contribution in [0.1, 0.15) is 5.56 Å². The van der Waals surface area contributed by atoms with Gasteiger partial charge in [0.25, 0.3) is 0 Å². The van der Waals surface area contributed by atoms with Gasteiger partial charge in [-0.3, -0.25) is 9.59 Å². The van der Waals surface area contributed by atoms with Crippen molar-refractivity contribution in [1.29, 1.82) is 0 Å². The molecule has 3 rings (SSSR count).